The van der Waals surface area contributed by atoms with Crippen LogP contribution < -0.4 is 9.80 Å². The van der Waals surface area contributed by atoms with Crippen LogP contribution in [-0.2, 0) is 0 Å². The van der Waals surface area contributed by atoms with Gasteiger partial charge in [-0.3, -0.25) is 0 Å². The molecule has 102 valence electrons. The fourth-order valence-electron chi connectivity index (χ4n) is 1.99. The minimum atomic E-state index is 0.578. The number of nitrogens with zero attached hydrogens (tertiary/aromatic N) is 2. The zero-order valence-corrected chi connectivity index (χ0v) is 12.8. The second-order valence-corrected chi connectivity index (χ2v) is 5.26. The molecule has 0 spiro atoms. The van der Waals surface area contributed by atoms with Crippen LogP contribution in [0.15, 0.2) is 24.3 Å². The number of rotatable bonds is 6. The van der Waals surface area contributed by atoms with Gasteiger partial charge in [0.25, 0.3) is 0 Å². The second-order valence-electron chi connectivity index (χ2n) is 5.26. The van der Waals surface area contributed by atoms with E-state index in [0.717, 1.165) is 0 Å². The number of hydrogen-bond acceptors (Lipinski definition) is 2. The van der Waals surface area contributed by atoms with Crippen molar-refractivity contribution < 1.29 is 0 Å². The highest BCUT2D eigenvalue weighted by molar-refractivity contribution is 5.59. The SMILES string of the molecule is CCC(C)N(C)c1cccc(N(C)C(C)CC)c1. The summed E-state index contributed by atoms with van der Waals surface area (Å²) in [6, 6.07) is 9.99. The summed E-state index contributed by atoms with van der Waals surface area (Å²) < 4.78 is 0. The van der Waals surface area contributed by atoms with Crippen LogP contribution in [0.4, 0.5) is 11.4 Å². The Morgan fingerprint density at radius 3 is 1.61 bits per heavy atom. The number of anilines is 2. The molecule has 2 atom stereocenters. The first-order chi connectivity index (χ1) is 8.51. The third-order valence-corrected chi connectivity index (χ3v) is 4.15. The molecule has 0 aliphatic heterocycles. The molecule has 0 saturated carbocycles. The van der Waals surface area contributed by atoms with Crippen molar-refractivity contribution in [1.82, 2.24) is 0 Å². The Morgan fingerprint density at radius 2 is 1.28 bits per heavy atom. The Labute approximate surface area is 113 Å². The maximum absolute atomic E-state index is 2.36. The van der Waals surface area contributed by atoms with Crippen LogP contribution >= 0.6 is 0 Å². The van der Waals surface area contributed by atoms with Gasteiger partial charge in [-0.05, 0) is 44.9 Å². The molecule has 0 radical (unpaired) electrons. The first kappa shape index (κ1) is 14.9. The summed E-state index contributed by atoms with van der Waals surface area (Å²) in [4.78, 5) is 4.71. The molecule has 2 nitrogen and oxygen atoms in total. The van der Waals surface area contributed by atoms with Crippen LogP contribution in [-0.4, -0.2) is 26.2 Å². The summed E-state index contributed by atoms with van der Waals surface area (Å²) in [5.74, 6) is 0. The van der Waals surface area contributed by atoms with Gasteiger partial charge in [0.1, 0.15) is 0 Å². The predicted molar refractivity (Wildman–Crippen MR) is 82.8 cm³/mol. The average molecular weight is 248 g/mol. The topological polar surface area (TPSA) is 6.48 Å². The van der Waals surface area contributed by atoms with Crippen molar-refractivity contribution in [2.24, 2.45) is 0 Å². The van der Waals surface area contributed by atoms with Gasteiger partial charge in [-0.1, -0.05) is 19.9 Å². The fourth-order valence-corrected chi connectivity index (χ4v) is 1.99. The van der Waals surface area contributed by atoms with Crippen molar-refractivity contribution >= 4 is 11.4 Å². The predicted octanol–water partition coefficient (Wildman–Crippen LogP) is 4.16. The van der Waals surface area contributed by atoms with E-state index in [0.29, 0.717) is 12.1 Å². The monoisotopic (exact) mass is 248 g/mol. The number of benzene rings is 1. The van der Waals surface area contributed by atoms with E-state index in [4.69, 9.17) is 0 Å². The molecule has 0 amide bonds. The van der Waals surface area contributed by atoms with E-state index in [1.807, 2.05) is 0 Å². The lowest BCUT2D eigenvalue weighted by atomic mass is 10.1. The van der Waals surface area contributed by atoms with E-state index in [1.54, 1.807) is 0 Å². The Hall–Kier alpha value is -1.18. The molecule has 0 heterocycles. The Morgan fingerprint density at radius 1 is 0.889 bits per heavy atom. The van der Waals surface area contributed by atoms with E-state index in [1.165, 1.54) is 24.2 Å². The Kier molecular flexibility index (Phi) is 5.52. The molecule has 2 heteroatoms. The molecule has 0 aliphatic rings. The standard InChI is InChI=1S/C16H28N2/c1-7-13(3)17(5)15-10-9-11-16(12-15)18(6)14(4)8-2/h9-14H,7-8H2,1-6H3. The van der Waals surface area contributed by atoms with Gasteiger partial charge in [0, 0.05) is 37.6 Å². The quantitative estimate of drug-likeness (QED) is 0.746. The molecular formula is C16H28N2. The zero-order chi connectivity index (χ0) is 13.7. The summed E-state index contributed by atoms with van der Waals surface area (Å²) in [7, 11) is 4.35. The first-order valence-corrected chi connectivity index (χ1v) is 7.06. The van der Waals surface area contributed by atoms with Gasteiger partial charge >= 0.3 is 0 Å². The van der Waals surface area contributed by atoms with E-state index in [2.05, 4.69) is 75.9 Å². The van der Waals surface area contributed by atoms with Crippen LogP contribution in [0.25, 0.3) is 0 Å². The normalized spacial score (nSPS) is 14.1. The van der Waals surface area contributed by atoms with Crippen molar-refractivity contribution in [3.63, 3.8) is 0 Å². The van der Waals surface area contributed by atoms with Crippen molar-refractivity contribution in [2.45, 2.75) is 52.6 Å². The molecule has 0 saturated heterocycles. The van der Waals surface area contributed by atoms with Crippen LogP contribution in [0.5, 0.6) is 0 Å². The van der Waals surface area contributed by atoms with Crippen molar-refractivity contribution in [3.8, 4) is 0 Å². The lowest BCUT2D eigenvalue weighted by molar-refractivity contribution is 0.657. The minimum absolute atomic E-state index is 0.578. The minimum Gasteiger partial charge on any atom is -0.372 e. The summed E-state index contributed by atoms with van der Waals surface area (Å²) in [5.41, 5.74) is 2.61. The van der Waals surface area contributed by atoms with E-state index < -0.39 is 0 Å². The molecule has 0 N–H and O–H groups in total. The molecule has 1 aromatic carbocycles. The van der Waals surface area contributed by atoms with Gasteiger partial charge < -0.3 is 9.80 Å². The third kappa shape index (κ3) is 3.41. The van der Waals surface area contributed by atoms with Crippen molar-refractivity contribution in [2.75, 3.05) is 23.9 Å². The maximum Gasteiger partial charge on any atom is 0.0386 e. The van der Waals surface area contributed by atoms with Gasteiger partial charge in [-0.2, -0.15) is 0 Å². The molecular weight excluding hydrogens is 220 g/mol. The summed E-state index contributed by atoms with van der Waals surface area (Å²) in [6.45, 7) is 9.00. The van der Waals surface area contributed by atoms with E-state index in [-0.39, 0.29) is 0 Å². The van der Waals surface area contributed by atoms with Gasteiger partial charge in [0.2, 0.25) is 0 Å². The molecule has 18 heavy (non-hydrogen) atoms. The second kappa shape index (κ2) is 6.67. The molecule has 1 aromatic rings. The van der Waals surface area contributed by atoms with E-state index in [9.17, 15) is 0 Å². The van der Waals surface area contributed by atoms with Crippen molar-refractivity contribution in [1.29, 1.82) is 0 Å². The van der Waals surface area contributed by atoms with E-state index >= 15 is 0 Å². The Balaban J connectivity index is 2.91. The van der Waals surface area contributed by atoms with Gasteiger partial charge in [0.05, 0.1) is 0 Å². The highest BCUT2D eigenvalue weighted by atomic mass is 15.1. The highest BCUT2D eigenvalue weighted by Crippen LogP contribution is 2.24. The fraction of sp³-hybridized carbons (Fsp3) is 0.625. The van der Waals surface area contributed by atoms with Crippen LogP contribution in [0.3, 0.4) is 0 Å². The molecule has 0 aromatic heterocycles. The molecule has 0 bridgehead atoms. The first-order valence-electron chi connectivity index (χ1n) is 7.06. The van der Waals surface area contributed by atoms with Crippen LogP contribution in [0, 0.1) is 0 Å². The zero-order valence-electron chi connectivity index (χ0n) is 12.8. The molecule has 2 unspecified atom stereocenters. The van der Waals surface area contributed by atoms with Gasteiger partial charge in [0.15, 0.2) is 0 Å². The average Bonchev–Trinajstić information content (AvgIpc) is 2.43. The molecule has 0 aliphatic carbocycles. The largest absolute Gasteiger partial charge is 0.372 e. The summed E-state index contributed by atoms with van der Waals surface area (Å²) in [5, 5.41) is 0. The lowest BCUT2D eigenvalue weighted by Crippen LogP contribution is -2.30. The summed E-state index contributed by atoms with van der Waals surface area (Å²) >= 11 is 0. The van der Waals surface area contributed by atoms with Gasteiger partial charge in [-0.25, -0.2) is 0 Å². The Bertz CT molecular complexity index is 331. The van der Waals surface area contributed by atoms with Gasteiger partial charge in [-0.15, -0.1) is 0 Å². The smallest absolute Gasteiger partial charge is 0.0386 e. The van der Waals surface area contributed by atoms with Crippen molar-refractivity contribution in [3.05, 3.63) is 24.3 Å². The lowest BCUT2D eigenvalue weighted by Gasteiger charge is -2.30. The molecule has 1 rings (SSSR count). The highest BCUT2D eigenvalue weighted by Gasteiger charge is 2.11. The molecule has 0 fully saturated rings. The van der Waals surface area contributed by atoms with Crippen LogP contribution in [0.2, 0.25) is 0 Å². The third-order valence-electron chi connectivity index (χ3n) is 4.15. The number of hydrogen-bond donors (Lipinski definition) is 0. The summed E-state index contributed by atoms with van der Waals surface area (Å²) in [6.07, 6.45) is 2.34. The maximum atomic E-state index is 2.36. The van der Waals surface area contributed by atoms with Crippen LogP contribution in [0.1, 0.15) is 40.5 Å².